The number of rotatable bonds is 0. The minimum atomic E-state index is 1.30. The maximum atomic E-state index is 3.11. The molecule has 1 heteroatoms. The van der Waals surface area contributed by atoms with E-state index in [1.807, 2.05) is 6.07 Å². The highest BCUT2D eigenvalue weighted by atomic mass is 32.1. The van der Waals surface area contributed by atoms with Crippen molar-refractivity contribution < 1.29 is 0 Å². The highest BCUT2D eigenvalue weighted by Crippen LogP contribution is 2.20. The lowest BCUT2D eigenvalue weighted by molar-refractivity contribution is 1.52. The lowest BCUT2D eigenvalue weighted by atomic mass is 10.2. The smallest absolute Gasteiger partial charge is 0.0455 e. The van der Waals surface area contributed by atoms with E-state index in [9.17, 15) is 0 Å². The van der Waals surface area contributed by atoms with Gasteiger partial charge in [0, 0.05) is 10.1 Å². The highest BCUT2D eigenvalue weighted by Gasteiger charge is 1.92. The first-order valence-electron chi connectivity index (χ1n) is 3.22. The van der Waals surface area contributed by atoms with Crippen LogP contribution in [0.1, 0.15) is 5.56 Å². The maximum Gasteiger partial charge on any atom is 0.0455 e. The minimum Gasteiger partial charge on any atom is -0.134 e. The van der Waals surface area contributed by atoms with Crippen molar-refractivity contribution >= 4 is 21.4 Å². The lowest BCUT2D eigenvalue weighted by Gasteiger charge is -1.89. The van der Waals surface area contributed by atoms with E-state index in [1.54, 1.807) is 11.3 Å². The Morgan fingerprint density at radius 1 is 1.40 bits per heavy atom. The van der Waals surface area contributed by atoms with E-state index in [2.05, 4.69) is 30.5 Å². The molecular weight excluding hydrogens is 140 g/mol. The van der Waals surface area contributed by atoms with Crippen molar-refractivity contribution in [3.05, 3.63) is 35.2 Å². The summed E-state index contributed by atoms with van der Waals surface area (Å²) in [5.74, 6) is 0. The van der Waals surface area contributed by atoms with E-state index in [0.717, 1.165) is 0 Å². The number of fused-ring (bicyclic) bond motifs is 1. The average Bonchev–Trinajstić information content (AvgIpc) is 2.33. The monoisotopic (exact) mass is 147 g/mol. The van der Waals surface area contributed by atoms with E-state index in [0.29, 0.717) is 0 Å². The largest absolute Gasteiger partial charge is 0.134 e. The van der Waals surface area contributed by atoms with Gasteiger partial charge in [0.25, 0.3) is 0 Å². The fraction of sp³-hybridized carbons (Fsp3) is 0.111. The van der Waals surface area contributed by atoms with Crippen LogP contribution in [-0.4, -0.2) is 0 Å². The molecular formula is C9H7S. The van der Waals surface area contributed by atoms with Gasteiger partial charge in [-0.15, -0.1) is 11.3 Å². The van der Waals surface area contributed by atoms with E-state index in [4.69, 9.17) is 0 Å². The third-order valence-electron chi connectivity index (χ3n) is 1.55. The Labute approximate surface area is 64.1 Å². The van der Waals surface area contributed by atoms with E-state index >= 15 is 0 Å². The molecule has 0 aliphatic rings. The van der Waals surface area contributed by atoms with Gasteiger partial charge < -0.3 is 0 Å². The second kappa shape index (κ2) is 2.10. The Balaban J connectivity index is 2.86. The molecule has 1 radical (unpaired) electrons. The zero-order chi connectivity index (χ0) is 6.97. The van der Waals surface area contributed by atoms with Crippen molar-refractivity contribution in [2.75, 3.05) is 0 Å². The van der Waals surface area contributed by atoms with Crippen molar-refractivity contribution in [2.24, 2.45) is 0 Å². The van der Waals surface area contributed by atoms with E-state index in [-0.39, 0.29) is 0 Å². The molecule has 0 bridgehead atoms. The van der Waals surface area contributed by atoms with Gasteiger partial charge >= 0.3 is 0 Å². The van der Waals surface area contributed by atoms with Gasteiger partial charge in [-0.25, -0.2) is 0 Å². The molecule has 1 heterocycles. The van der Waals surface area contributed by atoms with Gasteiger partial charge in [-0.1, -0.05) is 12.1 Å². The Kier molecular flexibility index (Phi) is 1.24. The summed E-state index contributed by atoms with van der Waals surface area (Å²) in [6.45, 7) is 2.11. The van der Waals surface area contributed by atoms with Crippen LogP contribution in [-0.2, 0) is 0 Å². The number of hydrogen-bond donors (Lipinski definition) is 0. The molecule has 0 atom stereocenters. The zero-order valence-electron chi connectivity index (χ0n) is 5.72. The molecule has 49 valence electrons. The maximum absolute atomic E-state index is 3.11. The van der Waals surface area contributed by atoms with Crippen molar-refractivity contribution in [3.8, 4) is 0 Å². The van der Waals surface area contributed by atoms with Crippen LogP contribution in [0, 0.1) is 12.3 Å². The number of benzene rings is 1. The van der Waals surface area contributed by atoms with E-state index in [1.165, 1.54) is 15.6 Å². The van der Waals surface area contributed by atoms with Gasteiger partial charge in [-0.2, -0.15) is 0 Å². The van der Waals surface area contributed by atoms with Crippen LogP contribution >= 0.6 is 11.3 Å². The van der Waals surface area contributed by atoms with Crippen LogP contribution in [0.5, 0.6) is 0 Å². The molecule has 2 rings (SSSR count). The Bertz CT molecular complexity index is 346. The summed E-state index contributed by atoms with van der Waals surface area (Å²) < 4.78 is 1.33. The average molecular weight is 147 g/mol. The van der Waals surface area contributed by atoms with Gasteiger partial charge in [0.05, 0.1) is 0 Å². The zero-order valence-corrected chi connectivity index (χ0v) is 6.53. The molecule has 0 saturated heterocycles. The van der Waals surface area contributed by atoms with Crippen LogP contribution in [0.4, 0.5) is 0 Å². The van der Waals surface area contributed by atoms with E-state index < -0.39 is 0 Å². The van der Waals surface area contributed by atoms with Crippen LogP contribution in [0.25, 0.3) is 10.1 Å². The number of aryl methyl sites for hydroxylation is 1. The Morgan fingerprint density at radius 2 is 2.30 bits per heavy atom. The Morgan fingerprint density at radius 3 is 3.20 bits per heavy atom. The molecule has 0 unspecified atom stereocenters. The molecule has 0 aliphatic heterocycles. The fourth-order valence-electron chi connectivity index (χ4n) is 1.01. The quantitative estimate of drug-likeness (QED) is 0.537. The standard InChI is InChI=1S/C9H7S/c1-7-2-3-8-4-5-10-9(8)6-7/h2-4,6H,1H3. The first-order valence-corrected chi connectivity index (χ1v) is 4.04. The summed E-state index contributed by atoms with van der Waals surface area (Å²) in [6.07, 6.45) is 0. The summed E-state index contributed by atoms with van der Waals surface area (Å²) in [5.41, 5.74) is 1.32. The molecule has 1 aromatic carbocycles. The lowest BCUT2D eigenvalue weighted by Crippen LogP contribution is -1.66. The van der Waals surface area contributed by atoms with Crippen LogP contribution in [0.3, 0.4) is 0 Å². The number of hydrogen-bond acceptors (Lipinski definition) is 1. The van der Waals surface area contributed by atoms with Gasteiger partial charge in [0.15, 0.2) is 0 Å². The summed E-state index contributed by atoms with van der Waals surface area (Å²) in [5, 5.41) is 4.41. The normalized spacial score (nSPS) is 10.5. The van der Waals surface area contributed by atoms with Crippen LogP contribution in [0.15, 0.2) is 24.3 Å². The first-order chi connectivity index (χ1) is 4.86. The van der Waals surface area contributed by atoms with Crippen molar-refractivity contribution in [2.45, 2.75) is 6.92 Å². The minimum absolute atomic E-state index is 1.30. The summed E-state index contributed by atoms with van der Waals surface area (Å²) in [7, 11) is 0. The van der Waals surface area contributed by atoms with Crippen LogP contribution in [0.2, 0.25) is 0 Å². The Hall–Kier alpha value is -0.820. The van der Waals surface area contributed by atoms with Gasteiger partial charge in [-0.3, -0.25) is 0 Å². The van der Waals surface area contributed by atoms with Crippen molar-refractivity contribution in [1.82, 2.24) is 0 Å². The fourth-order valence-corrected chi connectivity index (χ4v) is 1.81. The predicted octanol–water partition coefficient (Wildman–Crippen LogP) is 3.01. The predicted molar refractivity (Wildman–Crippen MR) is 45.4 cm³/mol. The molecule has 0 nitrogen and oxygen atoms in total. The summed E-state index contributed by atoms with van der Waals surface area (Å²) >= 11 is 1.68. The van der Waals surface area contributed by atoms with Crippen molar-refractivity contribution in [3.63, 3.8) is 0 Å². The second-order valence-corrected chi connectivity index (χ2v) is 3.29. The molecule has 0 fully saturated rings. The molecule has 1 aromatic heterocycles. The molecule has 0 amide bonds. The summed E-state index contributed by atoms with van der Waals surface area (Å²) in [4.78, 5) is 0. The molecule has 2 aromatic rings. The highest BCUT2D eigenvalue weighted by molar-refractivity contribution is 7.16. The van der Waals surface area contributed by atoms with Gasteiger partial charge in [0.1, 0.15) is 0 Å². The molecule has 0 aliphatic carbocycles. The summed E-state index contributed by atoms with van der Waals surface area (Å²) in [6, 6.07) is 8.48. The topological polar surface area (TPSA) is 0 Å². The molecule has 0 N–H and O–H groups in total. The first kappa shape index (κ1) is 5.93. The number of thiophene rings is 1. The molecule has 0 spiro atoms. The third-order valence-corrected chi connectivity index (χ3v) is 2.36. The molecule has 10 heavy (non-hydrogen) atoms. The van der Waals surface area contributed by atoms with Gasteiger partial charge in [0.2, 0.25) is 0 Å². The molecule has 0 saturated carbocycles. The third kappa shape index (κ3) is 0.830. The second-order valence-electron chi connectivity index (χ2n) is 2.41. The van der Waals surface area contributed by atoms with Crippen LogP contribution < -0.4 is 0 Å². The SMILES string of the molecule is Cc1ccc2c[c]sc2c1. The van der Waals surface area contributed by atoms with Crippen molar-refractivity contribution in [1.29, 1.82) is 0 Å². The van der Waals surface area contributed by atoms with Gasteiger partial charge in [-0.05, 0) is 30.0 Å².